The van der Waals surface area contributed by atoms with Crippen LogP contribution in [-0.2, 0) is 0 Å². The Kier molecular flexibility index (Phi) is 3.47. The van der Waals surface area contributed by atoms with Crippen molar-refractivity contribution in [1.82, 2.24) is 15.3 Å². The van der Waals surface area contributed by atoms with Crippen LogP contribution in [0.1, 0.15) is 24.2 Å². The fourth-order valence-electron chi connectivity index (χ4n) is 1.68. The van der Waals surface area contributed by atoms with Crippen LogP contribution in [0, 0.1) is 16.5 Å². The predicted molar refractivity (Wildman–Crippen MR) is 70.6 cm³/mol. The molecule has 0 radical (unpaired) electrons. The van der Waals surface area contributed by atoms with Crippen LogP contribution in [-0.4, -0.2) is 22.4 Å². The molecule has 0 aliphatic heterocycles. The summed E-state index contributed by atoms with van der Waals surface area (Å²) in [6.07, 6.45) is 0. The Labute approximate surface area is 109 Å². The molecule has 96 valence electrons. The van der Waals surface area contributed by atoms with E-state index in [0.29, 0.717) is 28.3 Å². The van der Waals surface area contributed by atoms with Gasteiger partial charge in [-0.25, -0.2) is 4.39 Å². The summed E-state index contributed by atoms with van der Waals surface area (Å²) < 4.78 is 13.8. The third-order valence-electron chi connectivity index (χ3n) is 2.51. The lowest BCUT2D eigenvalue weighted by Gasteiger charge is -2.08. The van der Waals surface area contributed by atoms with Crippen LogP contribution in [0.15, 0.2) is 12.1 Å². The van der Waals surface area contributed by atoms with E-state index in [9.17, 15) is 9.18 Å². The van der Waals surface area contributed by atoms with Gasteiger partial charge in [0.05, 0.1) is 16.6 Å². The second kappa shape index (κ2) is 4.89. The Hall–Kier alpha value is -1.69. The van der Waals surface area contributed by atoms with Crippen LogP contribution in [0.5, 0.6) is 0 Å². The molecule has 2 aromatic rings. The number of fused-ring (bicyclic) bond motifs is 1. The first-order chi connectivity index (χ1) is 8.47. The lowest BCUT2D eigenvalue weighted by molar-refractivity contribution is 0.0950. The maximum absolute atomic E-state index is 13.4. The van der Waals surface area contributed by atoms with Gasteiger partial charge in [-0.05, 0) is 30.3 Å². The van der Waals surface area contributed by atoms with Gasteiger partial charge in [-0.15, -0.1) is 0 Å². The number of nitrogens with one attached hydrogen (secondary N) is 3. The Bertz CT molecular complexity index is 644. The molecule has 1 amide bonds. The number of halogens is 1. The van der Waals surface area contributed by atoms with Crippen LogP contribution in [0.3, 0.4) is 0 Å². The highest BCUT2D eigenvalue weighted by Crippen LogP contribution is 2.17. The van der Waals surface area contributed by atoms with Gasteiger partial charge in [0.2, 0.25) is 0 Å². The first-order valence-corrected chi connectivity index (χ1v) is 6.08. The maximum atomic E-state index is 13.4. The minimum atomic E-state index is -0.470. The normalized spacial score (nSPS) is 11.1. The summed E-state index contributed by atoms with van der Waals surface area (Å²) in [4.78, 5) is 17.6. The van der Waals surface area contributed by atoms with Gasteiger partial charge in [-0.3, -0.25) is 4.79 Å². The molecule has 0 aliphatic carbocycles. The van der Waals surface area contributed by atoms with Gasteiger partial charge in [0, 0.05) is 6.54 Å². The maximum Gasteiger partial charge on any atom is 0.253 e. The van der Waals surface area contributed by atoms with Crippen molar-refractivity contribution in [2.45, 2.75) is 13.8 Å². The monoisotopic (exact) mass is 267 g/mol. The van der Waals surface area contributed by atoms with Crippen molar-refractivity contribution in [3.8, 4) is 0 Å². The van der Waals surface area contributed by atoms with E-state index >= 15 is 0 Å². The largest absolute Gasteiger partial charge is 0.352 e. The fraction of sp³-hybridized carbons (Fsp3) is 0.333. The Balaban J connectivity index is 2.42. The summed E-state index contributed by atoms with van der Waals surface area (Å²) in [5, 5.41) is 2.75. The van der Waals surface area contributed by atoms with E-state index in [1.165, 1.54) is 12.1 Å². The first-order valence-electron chi connectivity index (χ1n) is 5.67. The highest BCUT2D eigenvalue weighted by atomic mass is 32.1. The molecular weight excluding hydrogens is 253 g/mol. The van der Waals surface area contributed by atoms with Crippen LogP contribution in [0.4, 0.5) is 4.39 Å². The second-order valence-electron chi connectivity index (χ2n) is 4.56. The average molecular weight is 267 g/mol. The Morgan fingerprint density at radius 2 is 2.17 bits per heavy atom. The predicted octanol–water partition coefficient (Wildman–Crippen LogP) is 2.75. The summed E-state index contributed by atoms with van der Waals surface area (Å²) in [5.74, 6) is -0.441. The zero-order chi connectivity index (χ0) is 13.3. The lowest BCUT2D eigenvalue weighted by Crippen LogP contribution is -2.27. The molecule has 0 fully saturated rings. The van der Waals surface area contributed by atoms with Gasteiger partial charge in [-0.2, -0.15) is 0 Å². The van der Waals surface area contributed by atoms with Gasteiger partial charge < -0.3 is 15.3 Å². The molecule has 6 heteroatoms. The zero-order valence-corrected chi connectivity index (χ0v) is 11.0. The molecule has 1 aromatic carbocycles. The van der Waals surface area contributed by atoms with Crippen LogP contribution < -0.4 is 5.32 Å². The Morgan fingerprint density at radius 1 is 1.44 bits per heavy atom. The zero-order valence-electron chi connectivity index (χ0n) is 10.1. The lowest BCUT2D eigenvalue weighted by atomic mass is 10.1. The van der Waals surface area contributed by atoms with Crippen molar-refractivity contribution in [2.24, 2.45) is 5.92 Å². The number of aromatic nitrogens is 2. The van der Waals surface area contributed by atoms with Gasteiger partial charge >= 0.3 is 0 Å². The fourth-order valence-corrected chi connectivity index (χ4v) is 1.89. The third kappa shape index (κ3) is 2.59. The molecule has 0 aliphatic rings. The van der Waals surface area contributed by atoms with E-state index in [-0.39, 0.29) is 11.5 Å². The number of amides is 1. The first kappa shape index (κ1) is 12.8. The molecule has 1 aromatic heterocycles. The number of carbonyl (C=O) groups excluding carboxylic acids is 1. The van der Waals surface area contributed by atoms with E-state index in [2.05, 4.69) is 15.3 Å². The summed E-state index contributed by atoms with van der Waals surface area (Å²) in [6, 6.07) is 2.51. The molecular formula is C12H14FN3OS. The molecule has 4 nitrogen and oxygen atoms in total. The number of rotatable bonds is 3. The van der Waals surface area contributed by atoms with Crippen LogP contribution in [0.2, 0.25) is 0 Å². The van der Waals surface area contributed by atoms with E-state index in [0.717, 1.165) is 0 Å². The number of hydrogen-bond acceptors (Lipinski definition) is 2. The van der Waals surface area contributed by atoms with E-state index < -0.39 is 5.82 Å². The van der Waals surface area contributed by atoms with Crippen molar-refractivity contribution >= 4 is 29.2 Å². The summed E-state index contributed by atoms with van der Waals surface area (Å²) >= 11 is 4.94. The van der Waals surface area contributed by atoms with Crippen molar-refractivity contribution in [3.63, 3.8) is 0 Å². The molecule has 0 bridgehead atoms. The molecule has 0 spiro atoms. The quantitative estimate of drug-likeness (QED) is 0.749. The molecule has 0 atom stereocenters. The summed E-state index contributed by atoms with van der Waals surface area (Å²) in [6.45, 7) is 4.53. The SMILES string of the molecule is CC(C)CNC(=O)c1cc(F)cc2[nH]c(=S)[nH]c12. The van der Waals surface area contributed by atoms with E-state index in [4.69, 9.17) is 12.2 Å². The minimum Gasteiger partial charge on any atom is -0.352 e. The molecule has 3 N–H and O–H groups in total. The topological polar surface area (TPSA) is 60.7 Å². The van der Waals surface area contributed by atoms with Crippen molar-refractivity contribution in [1.29, 1.82) is 0 Å². The molecule has 1 heterocycles. The molecule has 2 rings (SSSR count). The number of carbonyl (C=O) groups is 1. The van der Waals surface area contributed by atoms with Crippen LogP contribution in [0.25, 0.3) is 11.0 Å². The molecule has 0 saturated heterocycles. The van der Waals surface area contributed by atoms with Crippen molar-refractivity contribution < 1.29 is 9.18 Å². The van der Waals surface area contributed by atoms with Crippen molar-refractivity contribution in [3.05, 3.63) is 28.3 Å². The Morgan fingerprint density at radius 3 is 2.83 bits per heavy atom. The molecule has 18 heavy (non-hydrogen) atoms. The minimum absolute atomic E-state index is 0.262. The molecule has 0 saturated carbocycles. The molecule has 0 unspecified atom stereocenters. The average Bonchev–Trinajstić information content (AvgIpc) is 2.64. The number of benzene rings is 1. The van der Waals surface area contributed by atoms with Gasteiger partial charge in [-0.1, -0.05) is 13.8 Å². The highest BCUT2D eigenvalue weighted by molar-refractivity contribution is 7.71. The van der Waals surface area contributed by atoms with Crippen LogP contribution >= 0.6 is 12.2 Å². The standard InChI is InChI=1S/C12H14FN3OS/c1-6(2)5-14-11(17)8-3-7(13)4-9-10(8)16-12(18)15-9/h3-4,6H,5H2,1-2H3,(H,14,17)(H2,15,16,18). The third-order valence-corrected chi connectivity index (χ3v) is 2.71. The van der Waals surface area contributed by atoms with E-state index in [1.54, 1.807) is 0 Å². The summed E-state index contributed by atoms with van der Waals surface area (Å²) in [5.41, 5.74) is 1.29. The van der Waals surface area contributed by atoms with Gasteiger partial charge in [0.1, 0.15) is 5.82 Å². The van der Waals surface area contributed by atoms with Crippen molar-refractivity contribution in [2.75, 3.05) is 6.54 Å². The highest BCUT2D eigenvalue weighted by Gasteiger charge is 2.13. The smallest absolute Gasteiger partial charge is 0.253 e. The van der Waals surface area contributed by atoms with Gasteiger partial charge in [0.15, 0.2) is 4.77 Å². The number of hydrogen-bond donors (Lipinski definition) is 3. The second-order valence-corrected chi connectivity index (χ2v) is 4.97. The number of aromatic amines is 2. The van der Waals surface area contributed by atoms with Gasteiger partial charge in [0.25, 0.3) is 5.91 Å². The summed E-state index contributed by atoms with van der Waals surface area (Å²) in [7, 11) is 0. The number of H-pyrrole nitrogens is 2. The number of imidazole rings is 1. The van der Waals surface area contributed by atoms with E-state index in [1.807, 2.05) is 13.8 Å².